The van der Waals surface area contributed by atoms with E-state index in [4.69, 9.17) is 4.74 Å². The summed E-state index contributed by atoms with van der Waals surface area (Å²) < 4.78 is 8.80. The molecule has 13 heteroatoms. The molecule has 2 aromatic carbocycles. The normalized spacial score (nSPS) is 17.8. The van der Waals surface area contributed by atoms with Gasteiger partial charge in [0.05, 0.1) is 17.4 Å². The third-order valence-corrected chi connectivity index (χ3v) is 8.69. The fourth-order valence-corrected chi connectivity index (χ4v) is 5.96. The molecule has 4 heterocycles. The van der Waals surface area contributed by atoms with Crippen LogP contribution in [0.15, 0.2) is 67.0 Å². The van der Waals surface area contributed by atoms with E-state index in [-0.39, 0.29) is 30.7 Å². The van der Waals surface area contributed by atoms with Crippen molar-refractivity contribution in [1.29, 1.82) is 0 Å². The van der Waals surface area contributed by atoms with E-state index >= 15 is 0 Å². The number of benzene rings is 2. The first-order chi connectivity index (χ1) is 23.2. The van der Waals surface area contributed by atoms with E-state index in [2.05, 4.69) is 26.4 Å². The third-order valence-electron chi connectivity index (χ3n) is 8.69. The van der Waals surface area contributed by atoms with E-state index in [9.17, 15) is 19.2 Å². The molecule has 0 saturated carbocycles. The van der Waals surface area contributed by atoms with Crippen molar-refractivity contribution in [1.82, 2.24) is 40.6 Å². The summed E-state index contributed by atoms with van der Waals surface area (Å²) in [6.07, 6.45) is 5.35. The number of rotatable bonds is 10. The first-order valence-electron chi connectivity index (χ1n) is 16.2. The lowest BCUT2D eigenvalue weighted by Gasteiger charge is -2.25. The molecule has 13 nitrogen and oxygen atoms in total. The highest BCUT2D eigenvalue weighted by atomic mass is 16.6. The Hall–Kier alpha value is -5.30. The Balaban J connectivity index is 1.05. The smallest absolute Gasteiger partial charge is 0.270 e. The van der Waals surface area contributed by atoms with E-state index in [0.717, 1.165) is 47.3 Å². The Morgan fingerprint density at radius 1 is 0.854 bits per heavy atom. The number of piperidine rings is 1. The van der Waals surface area contributed by atoms with E-state index in [0.29, 0.717) is 24.2 Å². The minimum atomic E-state index is -0.907. The van der Waals surface area contributed by atoms with Gasteiger partial charge in [0.1, 0.15) is 0 Å². The molecule has 3 atom stereocenters. The second kappa shape index (κ2) is 14.2. The second-order valence-electron chi connectivity index (χ2n) is 12.3. The van der Waals surface area contributed by atoms with Crippen molar-refractivity contribution < 1.29 is 23.9 Å². The molecule has 2 aromatic heterocycles. The number of nitrogens with zero attached hydrogens (tertiary/aromatic N) is 5. The fourth-order valence-electron chi connectivity index (χ4n) is 5.96. The number of aromatic nitrogens is 4. The highest BCUT2D eigenvalue weighted by Crippen LogP contribution is 2.30. The first-order valence-corrected chi connectivity index (χ1v) is 16.2. The maximum atomic E-state index is 13.6. The van der Waals surface area contributed by atoms with Crippen molar-refractivity contribution in [2.45, 2.75) is 57.3 Å². The zero-order valence-electron chi connectivity index (χ0n) is 27.3. The zero-order chi connectivity index (χ0) is 33.8. The number of hydrazine groups is 1. The Labute approximate surface area is 278 Å². The summed E-state index contributed by atoms with van der Waals surface area (Å²) in [6.45, 7) is 3.27. The highest BCUT2D eigenvalue weighted by molar-refractivity contribution is 5.97. The molecule has 0 spiro atoms. The molecule has 2 aliphatic heterocycles. The van der Waals surface area contributed by atoms with Gasteiger partial charge >= 0.3 is 0 Å². The van der Waals surface area contributed by atoms with Crippen LogP contribution in [0.3, 0.4) is 0 Å². The molecule has 3 N–H and O–H groups in total. The molecule has 4 amide bonds. The van der Waals surface area contributed by atoms with Crippen molar-refractivity contribution >= 4 is 23.6 Å². The van der Waals surface area contributed by atoms with E-state index in [1.165, 1.54) is 0 Å². The molecule has 2 fully saturated rings. The molecule has 0 unspecified atom stereocenters. The maximum absolute atomic E-state index is 13.6. The summed E-state index contributed by atoms with van der Waals surface area (Å²) in [7, 11) is 3.73. The third kappa shape index (κ3) is 7.63. The van der Waals surface area contributed by atoms with Gasteiger partial charge in [0.25, 0.3) is 17.7 Å². The number of hydrogen-bond donors (Lipinski definition) is 3. The van der Waals surface area contributed by atoms with Gasteiger partial charge in [-0.15, -0.1) is 0 Å². The van der Waals surface area contributed by atoms with Crippen LogP contribution in [0.5, 0.6) is 0 Å². The Bertz CT molecular complexity index is 1770. The molecular weight excluding hydrogens is 612 g/mol. The second-order valence-corrected chi connectivity index (χ2v) is 12.3. The van der Waals surface area contributed by atoms with Gasteiger partial charge in [0, 0.05) is 62.7 Å². The predicted octanol–water partition coefficient (Wildman–Crippen LogP) is 2.84. The molecule has 0 aliphatic carbocycles. The van der Waals surface area contributed by atoms with Crippen LogP contribution < -0.4 is 16.2 Å². The molecule has 2 saturated heterocycles. The number of carbonyl (C=O) groups is 4. The number of nitrogens with one attached hydrogen (secondary N) is 3. The van der Waals surface area contributed by atoms with Crippen molar-refractivity contribution in [2.75, 3.05) is 13.1 Å². The van der Waals surface area contributed by atoms with Crippen molar-refractivity contribution in [3.8, 4) is 22.5 Å². The van der Waals surface area contributed by atoms with E-state index in [1.54, 1.807) is 32.5 Å². The maximum Gasteiger partial charge on any atom is 0.270 e. The van der Waals surface area contributed by atoms with Crippen LogP contribution in [0, 0.1) is 0 Å². The number of ether oxygens (including phenoxy) is 1. The minimum Gasteiger partial charge on any atom is -0.349 e. The molecule has 48 heavy (non-hydrogen) atoms. The van der Waals surface area contributed by atoms with Gasteiger partial charge in [-0.2, -0.15) is 10.2 Å². The summed E-state index contributed by atoms with van der Waals surface area (Å²) in [5, 5.41) is 12.2. The van der Waals surface area contributed by atoms with Gasteiger partial charge < -0.3 is 15.0 Å². The molecule has 6 rings (SSSR count). The summed E-state index contributed by atoms with van der Waals surface area (Å²) in [5.74, 6) is -1.45. The average molecular weight is 653 g/mol. The van der Waals surface area contributed by atoms with Crippen molar-refractivity contribution in [2.24, 2.45) is 14.1 Å². The largest absolute Gasteiger partial charge is 0.349 e. The lowest BCUT2D eigenvalue weighted by Crippen LogP contribution is -2.45. The number of carbonyl (C=O) groups excluding carboxylic acids is 4. The van der Waals surface area contributed by atoms with Crippen molar-refractivity contribution in [3.05, 3.63) is 83.7 Å². The summed E-state index contributed by atoms with van der Waals surface area (Å²) in [6, 6.07) is 16.7. The number of likely N-dealkylation sites (tertiary alicyclic amines) is 1. The number of aryl methyl sites for hydroxylation is 3. The van der Waals surface area contributed by atoms with Gasteiger partial charge in [-0.25, -0.2) is 0 Å². The van der Waals surface area contributed by atoms with Crippen LogP contribution in [0.1, 0.15) is 60.1 Å². The molecular formula is C35H40N8O5. The standard InChI is InChI=1S/C35H40N8O5/c1-22(24-19-25(28-13-17-41(2)39-28)21-26(20-24)29-14-18-42(3)40-29)36-33(45)27-10-6-5-9-23(27)11-12-30(44)37-38-34(46)31-32(48-31)35(47)43-15-7-4-8-16-43/h5-6,9-10,13-14,17-22,31-32H,4,7-8,11-12,15-16H2,1-3H3,(H,36,45)(H,37,44)(H,38,46)/t22-,31+,32+/m1/s1. The number of epoxide rings is 1. The topological polar surface area (TPSA) is 156 Å². The van der Waals surface area contributed by atoms with E-state index in [1.807, 2.05) is 69.8 Å². The average Bonchev–Trinajstić information content (AvgIpc) is 3.59. The van der Waals surface area contributed by atoms with Gasteiger partial charge in [-0.3, -0.25) is 39.4 Å². The Kier molecular flexibility index (Phi) is 9.67. The first kappa shape index (κ1) is 32.6. The van der Waals surface area contributed by atoms with Crippen LogP contribution in [0.25, 0.3) is 22.5 Å². The molecule has 250 valence electrons. The van der Waals surface area contributed by atoms with Crippen molar-refractivity contribution in [3.63, 3.8) is 0 Å². The number of hydrogen-bond acceptors (Lipinski definition) is 7. The predicted molar refractivity (Wildman–Crippen MR) is 177 cm³/mol. The summed E-state index contributed by atoms with van der Waals surface area (Å²) in [4.78, 5) is 52.9. The fraction of sp³-hybridized carbons (Fsp3) is 0.371. The zero-order valence-corrected chi connectivity index (χ0v) is 27.3. The summed E-state index contributed by atoms with van der Waals surface area (Å²) >= 11 is 0. The van der Waals surface area contributed by atoms with Gasteiger partial charge in [-0.1, -0.05) is 18.2 Å². The molecule has 4 aromatic rings. The lowest BCUT2D eigenvalue weighted by molar-refractivity contribution is -0.133. The SMILES string of the molecule is C[C@@H](NC(=O)c1ccccc1CCC(=O)NNC(=O)[C@H]1O[C@@H]1C(=O)N1CCCCC1)c1cc(-c2ccn(C)n2)cc(-c2ccn(C)n2)c1. The Morgan fingerprint density at radius 3 is 2.12 bits per heavy atom. The Morgan fingerprint density at radius 2 is 1.50 bits per heavy atom. The van der Waals surface area contributed by atoms with Crippen LogP contribution in [0.4, 0.5) is 0 Å². The van der Waals surface area contributed by atoms with Crippen LogP contribution in [0.2, 0.25) is 0 Å². The monoisotopic (exact) mass is 652 g/mol. The van der Waals surface area contributed by atoms with Gasteiger partial charge in [-0.05, 0) is 80.1 Å². The van der Waals surface area contributed by atoms with Crippen LogP contribution in [-0.2, 0) is 39.6 Å². The highest BCUT2D eigenvalue weighted by Gasteiger charge is 2.52. The van der Waals surface area contributed by atoms with Crippen LogP contribution in [-0.4, -0.2) is 73.4 Å². The number of amides is 4. The van der Waals surface area contributed by atoms with E-state index < -0.39 is 24.0 Å². The quantitative estimate of drug-likeness (QED) is 0.176. The molecule has 2 aliphatic rings. The minimum absolute atomic E-state index is 0.0291. The molecule has 0 radical (unpaired) electrons. The lowest BCUT2D eigenvalue weighted by atomic mass is 9.97. The van der Waals surface area contributed by atoms with Crippen LogP contribution >= 0.6 is 0 Å². The van der Waals surface area contributed by atoms with Gasteiger partial charge in [0.15, 0.2) is 12.2 Å². The molecule has 0 bridgehead atoms. The summed E-state index contributed by atoms with van der Waals surface area (Å²) in [5.41, 5.74) is 10.2. The van der Waals surface area contributed by atoms with Gasteiger partial charge in [0.2, 0.25) is 5.91 Å².